The Kier molecular flexibility index (Phi) is 6.32. The number of aliphatic hydroxyl groups is 1. The van der Waals surface area contributed by atoms with Crippen molar-refractivity contribution in [1.29, 1.82) is 0 Å². The number of benzene rings is 2. The summed E-state index contributed by atoms with van der Waals surface area (Å²) in [6.07, 6.45) is 0.238. The summed E-state index contributed by atoms with van der Waals surface area (Å²) in [5, 5.41) is 11.9. The van der Waals surface area contributed by atoms with Gasteiger partial charge in [-0.3, -0.25) is 4.79 Å². The van der Waals surface area contributed by atoms with Gasteiger partial charge in [-0.15, -0.1) is 0 Å². The fraction of sp³-hybridized carbons (Fsp3) is 0.316. The van der Waals surface area contributed by atoms with Gasteiger partial charge < -0.3 is 15.2 Å². The molecule has 0 spiro atoms. The Morgan fingerprint density at radius 1 is 1.21 bits per heavy atom. The number of carbonyl (C=O) groups is 1. The van der Waals surface area contributed by atoms with Crippen molar-refractivity contribution in [2.45, 2.75) is 39.5 Å². The summed E-state index contributed by atoms with van der Waals surface area (Å²) >= 11 is 0. The third-order valence-electron chi connectivity index (χ3n) is 3.46. The summed E-state index contributed by atoms with van der Waals surface area (Å²) in [6.45, 7) is 3.78. The standard InChI is InChI=1S/C19H22FNO3/c1-13(2)24-18-6-4-3-5-15(18)10-19(23)21-11-14-7-8-17(20)16(9-14)12-22/h3-9,13,22H,10-12H2,1-2H3,(H,21,23). The van der Waals surface area contributed by atoms with Gasteiger partial charge in [0.1, 0.15) is 11.6 Å². The van der Waals surface area contributed by atoms with Crippen LogP contribution in [0.15, 0.2) is 42.5 Å². The lowest BCUT2D eigenvalue weighted by Gasteiger charge is -2.14. The highest BCUT2D eigenvalue weighted by Gasteiger charge is 2.10. The van der Waals surface area contributed by atoms with Crippen molar-refractivity contribution in [3.8, 4) is 5.75 Å². The van der Waals surface area contributed by atoms with Crippen LogP contribution in [0.2, 0.25) is 0 Å². The minimum Gasteiger partial charge on any atom is -0.491 e. The first-order valence-corrected chi connectivity index (χ1v) is 7.89. The molecular formula is C19H22FNO3. The Bertz CT molecular complexity index is 701. The Labute approximate surface area is 141 Å². The molecule has 0 aliphatic heterocycles. The molecule has 4 nitrogen and oxygen atoms in total. The van der Waals surface area contributed by atoms with Crippen molar-refractivity contribution in [2.24, 2.45) is 0 Å². The first kappa shape index (κ1) is 17.9. The Hall–Kier alpha value is -2.40. The van der Waals surface area contributed by atoms with E-state index in [1.807, 2.05) is 38.1 Å². The zero-order valence-electron chi connectivity index (χ0n) is 13.9. The van der Waals surface area contributed by atoms with Crippen LogP contribution in [0.5, 0.6) is 5.75 Å². The molecule has 0 bridgehead atoms. The highest BCUT2D eigenvalue weighted by molar-refractivity contribution is 5.79. The van der Waals surface area contributed by atoms with E-state index in [9.17, 15) is 9.18 Å². The summed E-state index contributed by atoms with van der Waals surface area (Å²) < 4.78 is 19.0. The lowest BCUT2D eigenvalue weighted by atomic mass is 10.1. The molecule has 1 amide bonds. The van der Waals surface area contributed by atoms with Crippen LogP contribution in [0.1, 0.15) is 30.5 Å². The van der Waals surface area contributed by atoms with Crippen LogP contribution in [-0.4, -0.2) is 17.1 Å². The summed E-state index contributed by atoms with van der Waals surface area (Å²) in [6, 6.07) is 11.9. The summed E-state index contributed by atoms with van der Waals surface area (Å²) in [7, 11) is 0. The molecule has 0 aromatic heterocycles. The van der Waals surface area contributed by atoms with Gasteiger partial charge in [-0.05, 0) is 37.6 Å². The lowest BCUT2D eigenvalue weighted by Crippen LogP contribution is -2.25. The van der Waals surface area contributed by atoms with Gasteiger partial charge in [0.05, 0.1) is 19.1 Å². The smallest absolute Gasteiger partial charge is 0.224 e. The molecule has 0 saturated carbocycles. The van der Waals surface area contributed by atoms with Crippen LogP contribution in [0.25, 0.3) is 0 Å². The monoisotopic (exact) mass is 331 g/mol. The molecule has 0 aliphatic carbocycles. The number of carbonyl (C=O) groups excluding carboxylic acids is 1. The third kappa shape index (κ3) is 5.06. The van der Waals surface area contributed by atoms with E-state index < -0.39 is 5.82 Å². The van der Waals surface area contributed by atoms with Crippen molar-refractivity contribution in [2.75, 3.05) is 0 Å². The second kappa shape index (κ2) is 8.45. The van der Waals surface area contributed by atoms with Crippen molar-refractivity contribution in [1.82, 2.24) is 5.32 Å². The van der Waals surface area contributed by atoms with Crippen LogP contribution in [-0.2, 0) is 24.4 Å². The molecule has 0 atom stereocenters. The second-order valence-electron chi connectivity index (χ2n) is 5.81. The van der Waals surface area contributed by atoms with E-state index in [2.05, 4.69) is 5.32 Å². The molecular weight excluding hydrogens is 309 g/mol. The molecule has 0 fully saturated rings. The van der Waals surface area contributed by atoms with E-state index in [0.29, 0.717) is 5.75 Å². The number of aliphatic hydroxyl groups excluding tert-OH is 1. The highest BCUT2D eigenvalue weighted by Crippen LogP contribution is 2.20. The number of rotatable bonds is 7. The molecule has 5 heteroatoms. The van der Waals surface area contributed by atoms with Crippen molar-refractivity contribution in [3.63, 3.8) is 0 Å². The van der Waals surface area contributed by atoms with Crippen LogP contribution in [0, 0.1) is 5.82 Å². The predicted molar refractivity (Wildman–Crippen MR) is 90.1 cm³/mol. The summed E-state index contributed by atoms with van der Waals surface area (Å²) in [4.78, 5) is 12.2. The van der Waals surface area contributed by atoms with Gasteiger partial charge in [-0.25, -0.2) is 4.39 Å². The normalized spacial score (nSPS) is 10.7. The van der Waals surface area contributed by atoms with Crippen molar-refractivity contribution in [3.05, 3.63) is 65.0 Å². The molecule has 2 rings (SSSR count). The number of ether oxygens (including phenoxy) is 1. The van der Waals surface area contributed by atoms with Gasteiger partial charge >= 0.3 is 0 Å². The van der Waals surface area contributed by atoms with E-state index in [-0.39, 0.29) is 37.1 Å². The maximum absolute atomic E-state index is 13.3. The second-order valence-corrected chi connectivity index (χ2v) is 5.81. The number of halogens is 1. The topological polar surface area (TPSA) is 58.6 Å². The van der Waals surface area contributed by atoms with Gasteiger partial charge in [-0.1, -0.05) is 24.3 Å². The Balaban J connectivity index is 1.97. The van der Waals surface area contributed by atoms with Crippen LogP contribution in [0.4, 0.5) is 4.39 Å². The van der Waals surface area contributed by atoms with E-state index in [1.54, 1.807) is 12.1 Å². The number of hydrogen-bond donors (Lipinski definition) is 2. The number of nitrogens with one attached hydrogen (secondary N) is 1. The van der Waals surface area contributed by atoms with Crippen LogP contribution < -0.4 is 10.1 Å². The van der Waals surface area contributed by atoms with E-state index >= 15 is 0 Å². The lowest BCUT2D eigenvalue weighted by molar-refractivity contribution is -0.120. The summed E-state index contributed by atoms with van der Waals surface area (Å²) in [5.41, 5.74) is 1.77. The number of hydrogen-bond acceptors (Lipinski definition) is 3. The number of para-hydroxylation sites is 1. The van der Waals surface area contributed by atoms with Gasteiger partial charge in [0, 0.05) is 17.7 Å². The largest absolute Gasteiger partial charge is 0.491 e. The van der Waals surface area contributed by atoms with Gasteiger partial charge in [0.25, 0.3) is 0 Å². The van der Waals surface area contributed by atoms with Gasteiger partial charge in [-0.2, -0.15) is 0 Å². The fourth-order valence-electron chi connectivity index (χ4n) is 2.31. The van der Waals surface area contributed by atoms with Crippen LogP contribution >= 0.6 is 0 Å². The predicted octanol–water partition coefficient (Wildman–Crippen LogP) is 2.96. The fourth-order valence-corrected chi connectivity index (χ4v) is 2.31. The molecule has 24 heavy (non-hydrogen) atoms. The van der Waals surface area contributed by atoms with Crippen molar-refractivity contribution >= 4 is 5.91 Å². The van der Waals surface area contributed by atoms with Gasteiger partial charge in [0.15, 0.2) is 0 Å². The molecule has 0 heterocycles. The number of amides is 1. The average Bonchev–Trinajstić information content (AvgIpc) is 2.55. The molecule has 0 radical (unpaired) electrons. The maximum Gasteiger partial charge on any atom is 0.224 e. The zero-order chi connectivity index (χ0) is 17.5. The van der Waals surface area contributed by atoms with Crippen LogP contribution in [0.3, 0.4) is 0 Å². The minimum absolute atomic E-state index is 0.0327. The summed E-state index contributed by atoms with van der Waals surface area (Å²) in [5.74, 6) is 0.101. The van der Waals surface area contributed by atoms with Gasteiger partial charge in [0.2, 0.25) is 5.91 Å². The zero-order valence-corrected chi connectivity index (χ0v) is 13.9. The molecule has 2 aromatic carbocycles. The van der Waals surface area contributed by atoms with E-state index in [1.165, 1.54) is 6.07 Å². The minimum atomic E-state index is -0.452. The quantitative estimate of drug-likeness (QED) is 0.820. The van der Waals surface area contributed by atoms with Crippen molar-refractivity contribution < 1.29 is 19.0 Å². The molecule has 2 N–H and O–H groups in total. The first-order valence-electron chi connectivity index (χ1n) is 7.89. The molecule has 0 unspecified atom stereocenters. The van der Waals surface area contributed by atoms with E-state index in [4.69, 9.17) is 9.84 Å². The first-order chi connectivity index (χ1) is 11.5. The average molecular weight is 331 g/mol. The molecule has 0 saturated heterocycles. The highest BCUT2D eigenvalue weighted by atomic mass is 19.1. The molecule has 0 aliphatic rings. The Morgan fingerprint density at radius 3 is 2.67 bits per heavy atom. The van der Waals surface area contributed by atoms with E-state index in [0.717, 1.165) is 11.1 Å². The Morgan fingerprint density at radius 2 is 1.96 bits per heavy atom. The SMILES string of the molecule is CC(C)Oc1ccccc1CC(=O)NCc1ccc(F)c(CO)c1. The molecule has 2 aromatic rings. The maximum atomic E-state index is 13.3. The third-order valence-corrected chi connectivity index (χ3v) is 3.46. The molecule has 128 valence electrons.